The third kappa shape index (κ3) is 3.72. The number of rotatable bonds is 7. The van der Waals surface area contributed by atoms with Crippen molar-refractivity contribution in [3.05, 3.63) is 29.8 Å². The van der Waals surface area contributed by atoms with E-state index in [9.17, 15) is 9.59 Å². The van der Waals surface area contributed by atoms with Gasteiger partial charge in [-0.25, -0.2) is 4.79 Å². The van der Waals surface area contributed by atoms with Gasteiger partial charge in [0, 0.05) is 13.7 Å². The third-order valence-electron chi connectivity index (χ3n) is 3.68. The monoisotopic (exact) mass is 293 g/mol. The van der Waals surface area contributed by atoms with E-state index in [2.05, 4.69) is 5.32 Å². The zero-order valence-electron chi connectivity index (χ0n) is 11.9. The number of amides is 1. The summed E-state index contributed by atoms with van der Waals surface area (Å²) in [6.45, 7) is -0.0309. The SMILES string of the molecule is COC1(C(=O)NCc2cccc(OCC(=O)O)c2)CCC1. The predicted octanol–water partition coefficient (Wildman–Crippen LogP) is 1.34. The Kier molecular flexibility index (Phi) is 4.80. The van der Waals surface area contributed by atoms with Crippen LogP contribution < -0.4 is 10.1 Å². The summed E-state index contributed by atoms with van der Waals surface area (Å²) in [5, 5.41) is 11.4. The van der Waals surface area contributed by atoms with E-state index in [-0.39, 0.29) is 12.5 Å². The number of carbonyl (C=O) groups excluding carboxylic acids is 1. The lowest BCUT2D eigenvalue weighted by Gasteiger charge is -2.38. The average molecular weight is 293 g/mol. The summed E-state index contributed by atoms with van der Waals surface area (Å²) in [5.74, 6) is -0.664. The van der Waals surface area contributed by atoms with Crippen molar-refractivity contribution < 1.29 is 24.2 Å². The first kappa shape index (κ1) is 15.3. The molecule has 0 aliphatic heterocycles. The standard InChI is InChI=1S/C15H19NO5/c1-20-15(6-3-7-15)14(19)16-9-11-4-2-5-12(8-11)21-10-13(17)18/h2,4-5,8H,3,6-7,9-10H2,1H3,(H,16,19)(H,17,18). The highest BCUT2D eigenvalue weighted by molar-refractivity contribution is 5.86. The van der Waals surface area contributed by atoms with E-state index in [1.54, 1.807) is 25.3 Å². The van der Waals surface area contributed by atoms with Crippen molar-refractivity contribution in [1.82, 2.24) is 5.32 Å². The van der Waals surface area contributed by atoms with E-state index in [0.29, 0.717) is 12.3 Å². The van der Waals surface area contributed by atoms with Gasteiger partial charge >= 0.3 is 5.97 Å². The summed E-state index contributed by atoms with van der Waals surface area (Å²) in [6, 6.07) is 6.99. The Hall–Kier alpha value is -2.08. The zero-order valence-corrected chi connectivity index (χ0v) is 11.9. The van der Waals surface area contributed by atoms with Crippen LogP contribution in [0.2, 0.25) is 0 Å². The van der Waals surface area contributed by atoms with Crippen molar-refractivity contribution in [2.75, 3.05) is 13.7 Å². The fourth-order valence-corrected chi connectivity index (χ4v) is 2.26. The highest BCUT2D eigenvalue weighted by atomic mass is 16.5. The lowest BCUT2D eigenvalue weighted by Crippen LogP contribution is -2.52. The number of carboxylic acids is 1. The molecule has 1 aliphatic rings. The van der Waals surface area contributed by atoms with Gasteiger partial charge in [-0.1, -0.05) is 12.1 Å². The van der Waals surface area contributed by atoms with E-state index < -0.39 is 11.6 Å². The lowest BCUT2D eigenvalue weighted by atomic mass is 9.79. The van der Waals surface area contributed by atoms with Gasteiger partial charge in [-0.3, -0.25) is 4.79 Å². The molecule has 0 atom stereocenters. The van der Waals surface area contributed by atoms with E-state index in [1.165, 1.54) is 0 Å². The van der Waals surface area contributed by atoms with Crippen LogP contribution >= 0.6 is 0 Å². The Bertz CT molecular complexity index is 519. The normalized spacial score (nSPS) is 15.9. The molecule has 0 heterocycles. The first-order chi connectivity index (χ1) is 10.1. The third-order valence-corrected chi connectivity index (χ3v) is 3.68. The number of carboxylic acid groups (broad SMARTS) is 1. The van der Waals surface area contributed by atoms with Gasteiger partial charge in [0.25, 0.3) is 5.91 Å². The smallest absolute Gasteiger partial charge is 0.341 e. The molecule has 1 aliphatic carbocycles. The number of hydrogen-bond donors (Lipinski definition) is 2. The summed E-state index contributed by atoms with van der Waals surface area (Å²) in [4.78, 5) is 22.6. The number of nitrogens with one attached hydrogen (secondary N) is 1. The van der Waals surface area contributed by atoms with E-state index in [1.807, 2.05) is 6.07 Å². The molecule has 0 bridgehead atoms. The molecule has 1 saturated carbocycles. The number of methoxy groups -OCH3 is 1. The molecule has 0 radical (unpaired) electrons. The summed E-state index contributed by atoms with van der Waals surface area (Å²) >= 11 is 0. The van der Waals surface area contributed by atoms with Gasteiger partial charge in [0.05, 0.1) is 0 Å². The maximum atomic E-state index is 12.1. The van der Waals surface area contributed by atoms with Gasteiger partial charge < -0.3 is 19.9 Å². The van der Waals surface area contributed by atoms with Crippen LogP contribution in [0.15, 0.2) is 24.3 Å². The Balaban J connectivity index is 1.89. The maximum Gasteiger partial charge on any atom is 0.341 e. The van der Waals surface area contributed by atoms with Crippen molar-refractivity contribution >= 4 is 11.9 Å². The van der Waals surface area contributed by atoms with Crippen LogP contribution in [-0.2, 0) is 20.9 Å². The van der Waals surface area contributed by atoms with Crippen LogP contribution in [0.4, 0.5) is 0 Å². The molecular weight excluding hydrogens is 274 g/mol. The summed E-state index contributed by atoms with van der Waals surface area (Å²) in [5.41, 5.74) is 0.175. The minimum absolute atomic E-state index is 0.104. The molecule has 21 heavy (non-hydrogen) atoms. The largest absolute Gasteiger partial charge is 0.482 e. The minimum Gasteiger partial charge on any atom is -0.482 e. The number of aliphatic carboxylic acids is 1. The van der Waals surface area contributed by atoms with Crippen LogP contribution in [0.3, 0.4) is 0 Å². The fourth-order valence-electron chi connectivity index (χ4n) is 2.26. The molecule has 0 spiro atoms. The highest BCUT2D eigenvalue weighted by Gasteiger charge is 2.44. The predicted molar refractivity (Wildman–Crippen MR) is 75.0 cm³/mol. The summed E-state index contributed by atoms with van der Waals surface area (Å²) < 4.78 is 10.4. The Labute approximate surface area is 123 Å². The number of benzene rings is 1. The maximum absolute atomic E-state index is 12.1. The summed E-state index contributed by atoms with van der Waals surface area (Å²) in [7, 11) is 1.55. The minimum atomic E-state index is -1.03. The molecule has 114 valence electrons. The molecular formula is C15H19NO5. The van der Waals surface area contributed by atoms with Gasteiger partial charge in [-0.2, -0.15) is 0 Å². The van der Waals surface area contributed by atoms with Gasteiger partial charge in [0.15, 0.2) is 6.61 Å². The van der Waals surface area contributed by atoms with Gasteiger partial charge in [-0.15, -0.1) is 0 Å². The zero-order chi connectivity index (χ0) is 15.3. The van der Waals surface area contributed by atoms with Crippen molar-refractivity contribution in [3.63, 3.8) is 0 Å². The average Bonchev–Trinajstić information content (AvgIpc) is 2.43. The van der Waals surface area contributed by atoms with Crippen molar-refractivity contribution in [3.8, 4) is 5.75 Å². The quantitative estimate of drug-likeness (QED) is 0.792. The summed E-state index contributed by atoms with van der Waals surface area (Å²) in [6.07, 6.45) is 2.49. The molecule has 6 heteroatoms. The van der Waals surface area contributed by atoms with Gasteiger partial charge in [0.1, 0.15) is 11.4 Å². The molecule has 1 aromatic rings. The molecule has 2 N–H and O–H groups in total. The molecule has 1 fully saturated rings. The Morgan fingerprint density at radius 2 is 2.14 bits per heavy atom. The van der Waals surface area contributed by atoms with Crippen LogP contribution in [0.5, 0.6) is 5.75 Å². The number of carbonyl (C=O) groups is 2. The molecule has 0 saturated heterocycles. The Morgan fingerprint density at radius 3 is 2.71 bits per heavy atom. The fraction of sp³-hybridized carbons (Fsp3) is 0.467. The Morgan fingerprint density at radius 1 is 1.38 bits per heavy atom. The first-order valence-electron chi connectivity index (χ1n) is 6.83. The van der Waals surface area contributed by atoms with Gasteiger partial charge in [0.2, 0.25) is 0 Å². The molecule has 1 aromatic carbocycles. The van der Waals surface area contributed by atoms with Crippen molar-refractivity contribution in [1.29, 1.82) is 0 Å². The number of hydrogen-bond acceptors (Lipinski definition) is 4. The molecule has 1 amide bonds. The second-order valence-corrected chi connectivity index (χ2v) is 5.06. The molecule has 0 unspecified atom stereocenters. The van der Waals surface area contributed by atoms with Crippen LogP contribution in [-0.4, -0.2) is 36.3 Å². The topological polar surface area (TPSA) is 84.9 Å². The van der Waals surface area contributed by atoms with Crippen molar-refractivity contribution in [2.24, 2.45) is 0 Å². The van der Waals surface area contributed by atoms with Crippen LogP contribution in [0.1, 0.15) is 24.8 Å². The molecule has 0 aromatic heterocycles. The lowest BCUT2D eigenvalue weighted by molar-refractivity contribution is -0.154. The van der Waals surface area contributed by atoms with E-state index in [0.717, 1.165) is 24.8 Å². The van der Waals surface area contributed by atoms with E-state index >= 15 is 0 Å². The second kappa shape index (κ2) is 6.58. The van der Waals surface area contributed by atoms with Crippen molar-refractivity contribution in [2.45, 2.75) is 31.4 Å². The first-order valence-corrected chi connectivity index (χ1v) is 6.83. The molecule has 2 rings (SSSR count). The van der Waals surface area contributed by atoms with Gasteiger partial charge in [-0.05, 0) is 37.0 Å². The molecule has 6 nitrogen and oxygen atoms in total. The van der Waals surface area contributed by atoms with Crippen LogP contribution in [0.25, 0.3) is 0 Å². The highest BCUT2D eigenvalue weighted by Crippen LogP contribution is 2.35. The van der Waals surface area contributed by atoms with E-state index in [4.69, 9.17) is 14.6 Å². The van der Waals surface area contributed by atoms with Crippen LogP contribution in [0, 0.1) is 0 Å². The number of ether oxygens (including phenoxy) is 2. The second-order valence-electron chi connectivity index (χ2n) is 5.06.